The SMILES string of the molecule is NC(=O)NCCNc1nc2cc(C(F)(F)F)ccc2s1. The van der Waals surface area contributed by atoms with Gasteiger partial charge in [0.2, 0.25) is 0 Å². The van der Waals surface area contributed by atoms with Crippen LogP contribution >= 0.6 is 11.3 Å². The van der Waals surface area contributed by atoms with Crippen LogP contribution in [0.4, 0.5) is 23.1 Å². The van der Waals surface area contributed by atoms with Crippen LogP contribution in [0.2, 0.25) is 0 Å². The van der Waals surface area contributed by atoms with Crippen LogP contribution in [0.3, 0.4) is 0 Å². The Hall–Kier alpha value is -2.03. The molecule has 2 rings (SSSR count). The number of hydrogen-bond donors (Lipinski definition) is 3. The van der Waals surface area contributed by atoms with Gasteiger partial charge in [-0.25, -0.2) is 9.78 Å². The first kappa shape index (κ1) is 14.4. The number of hydrogen-bond acceptors (Lipinski definition) is 4. The van der Waals surface area contributed by atoms with E-state index in [4.69, 9.17) is 5.73 Å². The first-order valence-corrected chi connectivity index (χ1v) is 6.43. The molecule has 1 aromatic heterocycles. The van der Waals surface area contributed by atoms with Gasteiger partial charge in [-0.15, -0.1) is 0 Å². The second-order valence-corrected chi connectivity index (χ2v) is 4.95. The molecule has 0 saturated carbocycles. The van der Waals surface area contributed by atoms with Gasteiger partial charge < -0.3 is 16.4 Å². The van der Waals surface area contributed by atoms with E-state index in [1.54, 1.807) is 0 Å². The Labute approximate surface area is 116 Å². The summed E-state index contributed by atoms with van der Waals surface area (Å²) < 4.78 is 38.3. The van der Waals surface area contributed by atoms with Crippen molar-refractivity contribution in [3.8, 4) is 0 Å². The van der Waals surface area contributed by atoms with Crippen molar-refractivity contribution in [2.24, 2.45) is 5.73 Å². The Morgan fingerprint density at radius 3 is 2.75 bits per heavy atom. The highest BCUT2D eigenvalue weighted by Gasteiger charge is 2.30. The summed E-state index contributed by atoms with van der Waals surface area (Å²) >= 11 is 1.24. The molecule has 0 aliphatic carbocycles. The monoisotopic (exact) mass is 304 g/mol. The van der Waals surface area contributed by atoms with Crippen molar-refractivity contribution in [3.63, 3.8) is 0 Å². The lowest BCUT2D eigenvalue weighted by Crippen LogP contribution is -2.33. The second kappa shape index (κ2) is 5.53. The molecule has 0 saturated heterocycles. The number of anilines is 1. The number of benzene rings is 1. The van der Waals surface area contributed by atoms with E-state index in [1.807, 2.05) is 0 Å². The Morgan fingerprint density at radius 1 is 1.35 bits per heavy atom. The lowest BCUT2D eigenvalue weighted by Gasteiger charge is -2.04. The van der Waals surface area contributed by atoms with E-state index in [2.05, 4.69) is 15.6 Å². The predicted molar refractivity (Wildman–Crippen MR) is 70.7 cm³/mol. The number of nitrogens with zero attached hydrogens (tertiary/aromatic N) is 1. The molecule has 1 aromatic carbocycles. The van der Waals surface area contributed by atoms with E-state index in [0.29, 0.717) is 22.9 Å². The molecule has 20 heavy (non-hydrogen) atoms. The number of nitrogens with one attached hydrogen (secondary N) is 2. The van der Waals surface area contributed by atoms with Gasteiger partial charge in [0.15, 0.2) is 5.13 Å². The van der Waals surface area contributed by atoms with Gasteiger partial charge in [-0.1, -0.05) is 11.3 Å². The first-order valence-electron chi connectivity index (χ1n) is 5.61. The molecule has 1 heterocycles. The smallest absolute Gasteiger partial charge is 0.360 e. The zero-order valence-corrected chi connectivity index (χ0v) is 10.9. The molecule has 9 heteroatoms. The Balaban J connectivity index is 2.07. The highest BCUT2D eigenvalue weighted by atomic mass is 32.1. The highest BCUT2D eigenvalue weighted by molar-refractivity contribution is 7.22. The van der Waals surface area contributed by atoms with Crippen LogP contribution in [0.25, 0.3) is 10.2 Å². The summed E-state index contributed by atoms with van der Waals surface area (Å²) in [5.74, 6) is 0. The third-order valence-electron chi connectivity index (χ3n) is 2.42. The molecular weight excluding hydrogens is 293 g/mol. The Morgan fingerprint density at radius 2 is 2.10 bits per heavy atom. The van der Waals surface area contributed by atoms with E-state index < -0.39 is 17.8 Å². The number of primary amides is 1. The summed E-state index contributed by atoms with van der Waals surface area (Å²) in [7, 11) is 0. The molecule has 108 valence electrons. The van der Waals surface area contributed by atoms with Crippen molar-refractivity contribution in [2.45, 2.75) is 6.18 Å². The summed E-state index contributed by atoms with van der Waals surface area (Å²) in [5.41, 5.74) is 4.46. The zero-order valence-electron chi connectivity index (χ0n) is 10.1. The minimum absolute atomic E-state index is 0.287. The number of aromatic nitrogens is 1. The third-order valence-corrected chi connectivity index (χ3v) is 3.41. The summed E-state index contributed by atoms with van der Waals surface area (Å²) in [6, 6.07) is 2.80. The fourth-order valence-electron chi connectivity index (χ4n) is 1.53. The van der Waals surface area contributed by atoms with Crippen molar-refractivity contribution < 1.29 is 18.0 Å². The van der Waals surface area contributed by atoms with Crippen LogP contribution in [0.1, 0.15) is 5.56 Å². The number of halogens is 3. The van der Waals surface area contributed by atoms with Gasteiger partial charge in [-0.2, -0.15) is 13.2 Å². The lowest BCUT2D eigenvalue weighted by molar-refractivity contribution is -0.137. The lowest BCUT2D eigenvalue weighted by atomic mass is 10.2. The van der Waals surface area contributed by atoms with Crippen molar-refractivity contribution in [1.29, 1.82) is 0 Å². The average molecular weight is 304 g/mol. The molecule has 4 N–H and O–H groups in total. The maximum Gasteiger partial charge on any atom is 0.416 e. The summed E-state index contributed by atoms with van der Waals surface area (Å²) in [6.07, 6.45) is -4.38. The summed E-state index contributed by atoms with van der Waals surface area (Å²) in [5, 5.41) is 5.78. The normalized spacial score (nSPS) is 11.6. The first-order chi connectivity index (χ1) is 9.36. The number of amides is 2. The van der Waals surface area contributed by atoms with Crippen molar-refractivity contribution in [1.82, 2.24) is 10.3 Å². The van der Waals surface area contributed by atoms with E-state index >= 15 is 0 Å². The van der Waals surface area contributed by atoms with Gasteiger partial charge in [-0.05, 0) is 18.2 Å². The van der Waals surface area contributed by atoms with Gasteiger partial charge in [-0.3, -0.25) is 0 Å². The molecule has 2 amide bonds. The van der Waals surface area contributed by atoms with Gasteiger partial charge in [0.05, 0.1) is 15.8 Å². The molecule has 0 atom stereocenters. The molecule has 0 bridgehead atoms. The van der Waals surface area contributed by atoms with Crippen LogP contribution in [0, 0.1) is 0 Å². The number of carbonyl (C=O) groups is 1. The quantitative estimate of drug-likeness (QED) is 0.759. The standard InChI is InChI=1S/C11H11F3N4OS/c12-11(13,14)6-1-2-8-7(5-6)18-10(20-8)17-4-3-16-9(15)19/h1-2,5H,3-4H2,(H,17,18)(H3,15,16,19). The second-order valence-electron chi connectivity index (χ2n) is 3.92. The van der Waals surface area contributed by atoms with E-state index in [1.165, 1.54) is 17.4 Å². The molecule has 0 spiro atoms. The van der Waals surface area contributed by atoms with Crippen molar-refractivity contribution in [2.75, 3.05) is 18.4 Å². The molecule has 5 nitrogen and oxygen atoms in total. The van der Waals surface area contributed by atoms with Crippen LogP contribution in [0.15, 0.2) is 18.2 Å². The van der Waals surface area contributed by atoms with Gasteiger partial charge in [0.25, 0.3) is 0 Å². The minimum Gasteiger partial charge on any atom is -0.360 e. The van der Waals surface area contributed by atoms with Crippen LogP contribution in [-0.2, 0) is 6.18 Å². The number of nitrogens with two attached hydrogens (primary N) is 1. The van der Waals surface area contributed by atoms with Crippen LogP contribution in [-0.4, -0.2) is 24.1 Å². The molecule has 0 radical (unpaired) electrons. The van der Waals surface area contributed by atoms with Gasteiger partial charge in [0, 0.05) is 13.1 Å². The average Bonchev–Trinajstić information content (AvgIpc) is 2.74. The van der Waals surface area contributed by atoms with E-state index in [9.17, 15) is 18.0 Å². The largest absolute Gasteiger partial charge is 0.416 e. The molecule has 0 aliphatic rings. The predicted octanol–water partition coefficient (Wildman–Crippen LogP) is 2.40. The van der Waals surface area contributed by atoms with Crippen molar-refractivity contribution in [3.05, 3.63) is 23.8 Å². The summed E-state index contributed by atoms with van der Waals surface area (Å²) in [4.78, 5) is 14.5. The number of fused-ring (bicyclic) bond motifs is 1. The number of urea groups is 1. The topological polar surface area (TPSA) is 80.0 Å². The molecule has 2 aromatic rings. The van der Waals surface area contributed by atoms with Crippen LogP contribution < -0.4 is 16.4 Å². The Bertz CT molecular complexity index is 626. The van der Waals surface area contributed by atoms with Crippen molar-refractivity contribution >= 4 is 32.7 Å². The van der Waals surface area contributed by atoms with E-state index in [0.717, 1.165) is 12.1 Å². The third kappa shape index (κ3) is 3.50. The van der Waals surface area contributed by atoms with Gasteiger partial charge >= 0.3 is 12.2 Å². The fourth-order valence-corrected chi connectivity index (χ4v) is 2.41. The van der Waals surface area contributed by atoms with Crippen LogP contribution in [0.5, 0.6) is 0 Å². The Kier molecular flexibility index (Phi) is 3.98. The number of carbonyl (C=O) groups excluding carboxylic acids is 1. The molecule has 0 unspecified atom stereocenters. The number of thiazole rings is 1. The maximum absolute atomic E-state index is 12.6. The zero-order chi connectivity index (χ0) is 14.8. The fraction of sp³-hybridized carbons (Fsp3) is 0.273. The minimum atomic E-state index is -4.38. The van der Waals surface area contributed by atoms with E-state index in [-0.39, 0.29) is 5.52 Å². The molecular formula is C11H11F3N4OS. The number of rotatable bonds is 4. The maximum atomic E-state index is 12.6. The summed E-state index contributed by atoms with van der Waals surface area (Å²) in [6.45, 7) is 0.688. The number of alkyl halides is 3. The highest BCUT2D eigenvalue weighted by Crippen LogP contribution is 2.33. The molecule has 0 aliphatic heterocycles. The molecule has 0 fully saturated rings. The van der Waals surface area contributed by atoms with Gasteiger partial charge in [0.1, 0.15) is 0 Å².